The molecule has 0 fully saturated rings. The molecule has 0 saturated heterocycles. The van der Waals surface area contributed by atoms with Crippen LogP contribution in [-0.4, -0.2) is 35.2 Å². The molecule has 0 unspecified atom stereocenters. The Kier molecular flexibility index (Phi) is 5.41. The number of hydrogen-bond acceptors (Lipinski definition) is 4. The Morgan fingerprint density at radius 2 is 1.50 bits per heavy atom. The number of sulfonamides is 2. The summed E-state index contributed by atoms with van der Waals surface area (Å²) in [4.78, 5) is -1.27. The van der Waals surface area contributed by atoms with Gasteiger partial charge in [-0.2, -0.15) is 0 Å². The lowest BCUT2D eigenvalue weighted by Gasteiger charge is -2.17. The minimum absolute atomic E-state index is 0.0759. The second kappa shape index (κ2) is 6.93. The molecule has 0 aliphatic carbocycles. The van der Waals surface area contributed by atoms with Gasteiger partial charge in [0.25, 0.3) is 10.0 Å². The molecule has 0 aliphatic rings. The molecule has 2 rings (SSSR count). The molecule has 2 aromatic carbocycles. The third-order valence-electron chi connectivity index (χ3n) is 3.85. The summed E-state index contributed by atoms with van der Waals surface area (Å²) >= 11 is 0. The number of aryl methyl sites for hydroxylation is 1. The van der Waals surface area contributed by atoms with E-state index in [0.29, 0.717) is 11.1 Å². The first kappa shape index (κ1) is 20.3. The van der Waals surface area contributed by atoms with Crippen LogP contribution in [0.2, 0.25) is 0 Å². The van der Waals surface area contributed by atoms with Gasteiger partial charge in [-0.15, -0.1) is 0 Å². The molecular weight excluding hydrogens is 386 g/mol. The molecule has 1 N–H and O–H groups in total. The fraction of sp³-hybridized carbons (Fsp3) is 0.250. The Labute approximate surface area is 151 Å². The largest absolute Gasteiger partial charge is 0.279 e. The van der Waals surface area contributed by atoms with E-state index in [1.54, 1.807) is 13.8 Å². The van der Waals surface area contributed by atoms with Crippen LogP contribution in [0.25, 0.3) is 0 Å². The highest BCUT2D eigenvalue weighted by Crippen LogP contribution is 2.28. The summed E-state index contributed by atoms with van der Waals surface area (Å²) in [5.74, 6) is -2.49. The van der Waals surface area contributed by atoms with Gasteiger partial charge in [-0.1, -0.05) is 6.07 Å². The van der Waals surface area contributed by atoms with E-state index in [9.17, 15) is 25.6 Å². The number of halogens is 2. The van der Waals surface area contributed by atoms with Gasteiger partial charge in [-0.3, -0.25) is 4.72 Å². The van der Waals surface area contributed by atoms with Gasteiger partial charge in [-0.05, 0) is 49.2 Å². The van der Waals surface area contributed by atoms with Gasteiger partial charge >= 0.3 is 0 Å². The lowest BCUT2D eigenvalue weighted by molar-refractivity contribution is 0.519. The van der Waals surface area contributed by atoms with Crippen molar-refractivity contribution in [3.63, 3.8) is 0 Å². The van der Waals surface area contributed by atoms with Crippen LogP contribution in [0.3, 0.4) is 0 Å². The van der Waals surface area contributed by atoms with E-state index in [2.05, 4.69) is 4.72 Å². The van der Waals surface area contributed by atoms with Gasteiger partial charge in [0.1, 0.15) is 11.6 Å². The number of nitrogens with one attached hydrogen (secondary N) is 1. The second-order valence-electron chi connectivity index (χ2n) is 5.86. The number of rotatable bonds is 5. The van der Waals surface area contributed by atoms with E-state index < -0.39 is 36.6 Å². The van der Waals surface area contributed by atoms with Crippen LogP contribution in [0.1, 0.15) is 11.1 Å². The van der Waals surface area contributed by atoms with Crippen LogP contribution in [0.4, 0.5) is 14.5 Å². The average Bonchev–Trinajstić information content (AvgIpc) is 2.50. The van der Waals surface area contributed by atoms with Crippen molar-refractivity contribution in [2.24, 2.45) is 0 Å². The van der Waals surface area contributed by atoms with Crippen LogP contribution in [-0.2, 0) is 20.0 Å². The predicted molar refractivity (Wildman–Crippen MR) is 94.0 cm³/mol. The van der Waals surface area contributed by atoms with Crippen LogP contribution in [0, 0.1) is 25.5 Å². The summed E-state index contributed by atoms with van der Waals surface area (Å²) in [6, 6.07) is 5.20. The molecule has 0 heterocycles. The lowest BCUT2D eigenvalue weighted by Crippen LogP contribution is -2.23. The van der Waals surface area contributed by atoms with Crippen molar-refractivity contribution in [3.8, 4) is 0 Å². The van der Waals surface area contributed by atoms with E-state index >= 15 is 0 Å². The van der Waals surface area contributed by atoms with Gasteiger partial charge in [0, 0.05) is 14.1 Å². The summed E-state index contributed by atoms with van der Waals surface area (Å²) in [5.41, 5.74) is 0.857. The normalized spacial score (nSPS) is 12.4. The van der Waals surface area contributed by atoms with Crippen molar-refractivity contribution in [2.75, 3.05) is 18.8 Å². The first-order chi connectivity index (χ1) is 11.9. The summed E-state index contributed by atoms with van der Waals surface area (Å²) in [6.07, 6.45) is 0. The maximum atomic E-state index is 13.8. The highest BCUT2D eigenvalue weighted by molar-refractivity contribution is 7.92. The molecule has 0 bridgehead atoms. The van der Waals surface area contributed by atoms with E-state index in [-0.39, 0.29) is 10.6 Å². The third-order valence-corrected chi connectivity index (χ3v) is 7.06. The number of benzene rings is 2. The Bertz CT molecular complexity index is 1050. The first-order valence-corrected chi connectivity index (χ1v) is 10.3. The predicted octanol–water partition coefficient (Wildman–Crippen LogP) is 2.63. The van der Waals surface area contributed by atoms with Crippen LogP contribution in [0.15, 0.2) is 40.1 Å². The molecule has 0 saturated carbocycles. The summed E-state index contributed by atoms with van der Waals surface area (Å²) < 4.78 is 80.3. The molecule has 26 heavy (non-hydrogen) atoms. The van der Waals surface area contributed by atoms with Gasteiger partial charge in [0.2, 0.25) is 10.0 Å². The fourth-order valence-corrected chi connectivity index (χ4v) is 4.49. The number of hydrogen-bond donors (Lipinski definition) is 1. The molecular formula is C16H18F2N2O4S2. The van der Waals surface area contributed by atoms with E-state index in [4.69, 9.17) is 0 Å². The molecule has 0 aliphatic heterocycles. The smallest absolute Gasteiger partial charge is 0.267 e. The third kappa shape index (κ3) is 3.71. The zero-order valence-corrected chi connectivity index (χ0v) is 16.2. The molecule has 0 amide bonds. The first-order valence-electron chi connectivity index (χ1n) is 7.38. The van der Waals surface area contributed by atoms with Crippen molar-refractivity contribution >= 4 is 25.7 Å². The standard InChI is InChI=1S/C16H18F2N2O4S2/c1-10-8-12(26(23,24)20(3)4)9-15(11(10)2)19-25(21,22)16-13(17)6-5-7-14(16)18/h5-9,19H,1-4H3. The molecule has 0 aromatic heterocycles. The summed E-state index contributed by atoms with van der Waals surface area (Å²) in [7, 11) is -5.76. The van der Waals surface area contributed by atoms with Crippen LogP contribution >= 0.6 is 0 Å². The molecule has 6 nitrogen and oxygen atoms in total. The Balaban J connectivity index is 2.62. The second-order valence-corrected chi connectivity index (χ2v) is 9.63. The van der Waals surface area contributed by atoms with Gasteiger partial charge in [0.05, 0.1) is 10.6 Å². The molecule has 2 aromatic rings. The molecule has 142 valence electrons. The number of nitrogens with zero attached hydrogens (tertiary/aromatic N) is 1. The molecule has 0 atom stereocenters. The zero-order chi connectivity index (χ0) is 19.9. The average molecular weight is 404 g/mol. The lowest BCUT2D eigenvalue weighted by atomic mass is 10.1. The Morgan fingerprint density at radius 1 is 0.962 bits per heavy atom. The zero-order valence-electron chi connectivity index (χ0n) is 14.5. The topological polar surface area (TPSA) is 83.6 Å². The van der Waals surface area contributed by atoms with E-state index in [1.165, 1.54) is 20.2 Å². The Hall–Kier alpha value is -2.04. The van der Waals surface area contributed by atoms with Gasteiger partial charge in [0.15, 0.2) is 4.90 Å². The van der Waals surface area contributed by atoms with Crippen molar-refractivity contribution in [3.05, 3.63) is 53.1 Å². The van der Waals surface area contributed by atoms with Crippen molar-refractivity contribution < 1.29 is 25.6 Å². The minimum atomic E-state index is -4.60. The monoisotopic (exact) mass is 404 g/mol. The number of anilines is 1. The Morgan fingerprint density at radius 3 is 2.00 bits per heavy atom. The summed E-state index contributed by atoms with van der Waals surface area (Å²) in [5, 5.41) is 0. The van der Waals surface area contributed by atoms with Crippen molar-refractivity contribution in [1.29, 1.82) is 0 Å². The SMILES string of the molecule is Cc1cc(S(=O)(=O)N(C)C)cc(NS(=O)(=O)c2c(F)cccc2F)c1C. The molecule has 0 radical (unpaired) electrons. The van der Waals surface area contributed by atoms with Gasteiger partial charge in [-0.25, -0.2) is 29.9 Å². The maximum absolute atomic E-state index is 13.8. The van der Waals surface area contributed by atoms with E-state index in [0.717, 1.165) is 28.6 Å². The highest BCUT2D eigenvalue weighted by Gasteiger charge is 2.26. The van der Waals surface area contributed by atoms with Crippen molar-refractivity contribution in [2.45, 2.75) is 23.6 Å². The quantitative estimate of drug-likeness (QED) is 0.830. The van der Waals surface area contributed by atoms with Crippen LogP contribution in [0.5, 0.6) is 0 Å². The minimum Gasteiger partial charge on any atom is -0.279 e. The maximum Gasteiger partial charge on any atom is 0.267 e. The van der Waals surface area contributed by atoms with Crippen LogP contribution < -0.4 is 4.72 Å². The van der Waals surface area contributed by atoms with Crippen molar-refractivity contribution in [1.82, 2.24) is 4.31 Å². The molecule has 10 heteroatoms. The fourth-order valence-electron chi connectivity index (χ4n) is 2.23. The van der Waals surface area contributed by atoms with Gasteiger partial charge < -0.3 is 0 Å². The summed E-state index contributed by atoms with van der Waals surface area (Å²) in [6.45, 7) is 3.17. The molecule has 0 spiro atoms. The highest BCUT2D eigenvalue weighted by atomic mass is 32.2. The van der Waals surface area contributed by atoms with E-state index in [1.807, 2.05) is 0 Å².